The van der Waals surface area contributed by atoms with Gasteiger partial charge < -0.3 is 15.0 Å². The molecule has 0 aliphatic rings. The molecular formula is C15H33N3O2. The molecule has 5 nitrogen and oxygen atoms in total. The van der Waals surface area contributed by atoms with Crippen LogP contribution in [0.25, 0.3) is 0 Å². The van der Waals surface area contributed by atoms with E-state index >= 15 is 0 Å². The zero-order valence-electron chi connectivity index (χ0n) is 14.5. The Kier molecular flexibility index (Phi) is 8.32. The van der Waals surface area contributed by atoms with E-state index in [1.165, 1.54) is 7.11 Å². The molecule has 0 saturated carbocycles. The topological polar surface area (TPSA) is 44.8 Å². The van der Waals surface area contributed by atoms with Gasteiger partial charge in [0, 0.05) is 18.6 Å². The Bertz CT molecular complexity index is 297. The number of hydrogen-bond donors (Lipinski definition) is 1. The van der Waals surface area contributed by atoms with Gasteiger partial charge in [0.1, 0.15) is 5.54 Å². The standard InChI is InChI=1S/C15H33N3O2/c1-9-18(13(3)11-17(6)7)12(2)10-15(4,16-5)14(19)20-8/h12-13,16H,9-11H2,1-8H3. The molecule has 0 aromatic rings. The van der Waals surface area contributed by atoms with E-state index in [0.29, 0.717) is 12.1 Å². The van der Waals surface area contributed by atoms with Crippen molar-refractivity contribution in [1.82, 2.24) is 15.1 Å². The van der Waals surface area contributed by atoms with E-state index in [2.05, 4.69) is 50.0 Å². The Labute approximate surface area is 124 Å². The lowest BCUT2D eigenvalue weighted by Gasteiger charge is -2.38. The second-order valence-electron chi connectivity index (χ2n) is 6.07. The Balaban J connectivity index is 4.84. The number of likely N-dealkylation sites (N-methyl/N-ethyl adjacent to an activating group) is 3. The van der Waals surface area contributed by atoms with Gasteiger partial charge in [-0.15, -0.1) is 0 Å². The highest BCUT2D eigenvalue weighted by molar-refractivity contribution is 5.80. The van der Waals surface area contributed by atoms with E-state index < -0.39 is 5.54 Å². The first-order valence-corrected chi connectivity index (χ1v) is 7.39. The van der Waals surface area contributed by atoms with Crippen LogP contribution in [0.2, 0.25) is 0 Å². The third-order valence-corrected chi connectivity index (χ3v) is 4.02. The van der Waals surface area contributed by atoms with Gasteiger partial charge in [0.05, 0.1) is 7.11 Å². The summed E-state index contributed by atoms with van der Waals surface area (Å²) in [5.74, 6) is -0.205. The van der Waals surface area contributed by atoms with Crippen LogP contribution in [0.3, 0.4) is 0 Å². The number of ether oxygens (including phenoxy) is 1. The zero-order valence-corrected chi connectivity index (χ0v) is 14.5. The quantitative estimate of drug-likeness (QED) is 0.645. The maximum Gasteiger partial charge on any atom is 0.325 e. The monoisotopic (exact) mass is 287 g/mol. The molecule has 0 bridgehead atoms. The SMILES string of the molecule is CCN(C(C)CN(C)C)C(C)CC(C)(NC)C(=O)OC. The van der Waals surface area contributed by atoms with Crippen molar-refractivity contribution >= 4 is 5.97 Å². The number of carbonyl (C=O) groups is 1. The van der Waals surface area contributed by atoms with Crippen LogP contribution in [0.1, 0.15) is 34.1 Å². The smallest absolute Gasteiger partial charge is 0.325 e. The van der Waals surface area contributed by atoms with Gasteiger partial charge in [0.2, 0.25) is 0 Å². The lowest BCUT2D eigenvalue weighted by atomic mass is 9.92. The Morgan fingerprint density at radius 1 is 1.30 bits per heavy atom. The minimum absolute atomic E-state index is 0.205. The van der Waals surface area contributed by atoms with Crippen molar-refractivity contribution in [3.63, 3.8) is 0 Å². The molecule has 0 fully saturated rings. The summed E-state index contributed by atoms with van der Waals surface area (Å²) in [7, 11) is 7.42. The number of methoxy groups -OCH3 is 1. The molecule has 0 amide bonds. The molecule has 0 spiro atoms. The molecular weight excluding hydrogens is 254 g/mol. The van der Waals surface area contributed by atoms with Crippen LogP contribution in [0.4, 0.5) is 0 Å². The minimum atomic E-state index is -0.639. The summed E-state index contributed by atoms with van der Waals surface area (Å²) in [6, 6.07) is 0.746. The summed E-state index contributed by atoms with van der Waals surface area (Å²) in [6.45, 7) is 10.4. The summed E-state index contributed by atoms with van der Waals surface area (Å²) >= 11 is 0. The first kappa shape index (κ1) is 19.4. The molecule has 20 heavy (non-hydrogen) atoms. The first-order valence-electron chi connectivity index (χ1n) is 7.39. The fraction of sp³-hybridized carbons (Fsp3) is 0.933. The molecule has 0 aromatic heterocycles. The molecule has 0 aliphatic carbocycles. The summed E-state index contributed by atoms with van der Waals surface area (Å²) in [5, 5.41) is 3.11. The van der Waals surface area contributed by atoms with Gasteiger partial charge >= 0.3 is 5.97 Å². The Morgan fingerprint density at radius 2 is 1.85 bits per heavy atom. The van der Waals surface area contributed by atoms with E-state index in [1.807, 2.05) is 14.0 Å². The number of hydrogen-bond acceptors (Lipinski definition) is 5. The molecule has 0 rings (SSSR count). The molecule has 3 unspecified atom stereocenters. The predicted molar refractivity (Wildman–Crippen MR) is 84.0 cm³/mol. The lowest BCUT2D eigenvalue weighted by molar-refractivity contribution is -0.148. The van der Waals surface area contributed by atoms with Gasteiger partial charge in [0.15, 0.2) is 0 Å². The minimum Gasteiger partial charge on any atom is -0.468 e. The third kappa shape index (κ3) is 5.38. The van der Waals surface area contributed by atoms with Crippen LogP contribution in [-0.2, 0) is 9.53 Å². The summed E-state index contributed by atoms with van der Waals surface area (Å²) in [6.07, 6.45) is 0.724. The molecule has 0 heterocycles. The van der Waals surface area contributed by atoms with Crippen LogP contribution in [0.15, 0.2) is 0 Å². The van der Waals surface area contributed by atoms with E-state index in [-0.39, 0.29) is 5.97 Å². The van der Waals surface area contributed by atoms with Crippen molar-refractivity contribution in [1.29, 1.82) is 0 Å². The normalized spacial score (nSPS) is 17.9. The average Bonchev–Trinajstić information content (AvgIpc) is 2.37. The van der Waals surface area contributed by atoms with Crippen LogP contribution < -0.4 is 5.32 Å². The molecule has 5 heteroatoms. The van der Waals surface area contributed by atoms with Crippen molar-refractivity contribution < 1.29 is 9.53 Å². The number of esters is 1. The average molecular weight is 287 g/mol. The zero-order chi connectivity index (χ0) is 15.9. The molecule has 3 atom stereocenters. The lowest BCUT2D eigenvalue weighted by Crippen LogP contribution is -2.54. The molecule has 120 valence electrons. The predicted octanol–water partition coefficient (Wildman–Crippen LogP) is 1.19. The van der Waals surface area contributed by atoms with E-state index in [4.69, 9.17) is 4.74 Å². The summed E-state index contributed by atoms with van der Waals surface area (Å²) in [4.78, 5) is 16.6. The van der Waals surface area contributed by atoms with Crippen LogP contribution in [0, 0.1) is 0 Å². The highest BCUT2D eigenvalue weighted by atomic mass is 16.5. The van der Waals surface area contributed by atoms with Crippen molar-refractivity contribution in [2.45, 2.75) is 51.7 Å². The Hall–Kier alpha value is -0.650. The number of carbonyl (C=O) groups excluding carboxylic acids is 1. The Morgan fingerprint density at radius 3 is 2.20 bits per heavy atom. The first-order chi connectivity index (χ1) is 9.21. The van der Waals surface area contributed by atoms with E-state index in [0.717, 1.165) is 19.5 Å². The van der Waals surface area contributed by atoms with Gasteiger partial charge in [-0.05, 0) is 54.9 Å². The third-order valence-electron chi connectivity index (χ3n) is 4.02. The summed E-state index contributed by atoms with van der Waals surface area (Å²) in [5.41, 5.74) is -0.639. The second-order valence-corrected chi connectivity index (χ2v) is 6.07. The van der Waals surface area contributed by atoms with Crippen molar-refractivity contribution in [3.8, 4) is 0 Å². The van der Waals surface area contributed by atoms with Crippen LogP contribution in [-0.4, -0.2) is 74.7 Å². The highest BCUT2D eigenvalue weighted by Crippen LogP contribution is 2.19. The fourth-order valence-corrected chi connectivity index (χ4v) is 2.91. The van der Waals surface area contributed by atoms with E-state index in [9.17, 15) is 4.79 Å². The highest BCUT2D eigenvalue weighted by Gasteiger charge is 2.36. The molecule has 0 radical (unpaired) electrons. The van der Waals surface area contributed by atoms with Crippen LogP contribution in [0.5, 0.6) is 0 Å². The van der Waals surface area contributed by atoms with Gasteiger partial charge in [-0.2, -0.15) is 0 Å². The van der Waals surface area contributed by atoms with Gasteiger partial charge in [-0.3, -0.25) is 9.69 Å². The van der Waals surface area contributed by atoms with Crippen molar-refractivity contribution in [2.24, 2.45) is 0 Å². The molecule has 0 aromatic carbocycles. The molecule has 0 saturated heterocycles. The maximum atomic E-state index is 11.9. The number of nitrogens with zero attached hydrogens (tertiary/aromatic N) is 2. The second kappa shape index (κ2) is 8.60. The maximum absolute atomic E-state index is 11.9. The van der Waals surface area contributed by atoms with Crippen molar-refractivity contribution in [3.05, 3.63) is 0 Å². The molecule has 1 N–H and O–H groups in total. The molecule has 0 aliphatic heterocycles. The van der Waals surface area contributed by atoms with Gasteiger partial charge in [-0.25, -0.2) is 0 Å². The summed E-state index contributed by atoms with van der Waals surface area (Å²) < 4.78 is 4.92. The van der Waals surface area contributed by atoms with Crippen molar-refractivity contribution in [2.75, 3.05) is 41.3 Å². The van der Waals surface area contributed by atoms with Gasteiger partial charge in [0.25, 0.3) is 0 Å². The van der Waals surface area contributed by atoms with E-state index in [1.54, 1.807) is 0 Å². The largest absolute Gasteiger partial charge is 0.468 e. The van der Waals surface area contributed by atoms with Crippen LogP contribution >= 0.6 is 0 Å². The number of rotatable bonds is 9. The fourth-order valence-electron chi connectivity index (χ4n) is 2.91. The number of nitrogens with one attached hydrogen (secondary N) is 1. The van der Waals surface area contributed by atoms with Gasteiger partial charge in [-0.1, -0.05) is 6.92 Å².